The van der Waals surface area contributed by atoms with Crippen molar-refractivity contribution in [2.75, 3.05) is 40.0 Å². The first-order valence-electron chi connectivity index (χ1n) is 9.53. The summed E-state index contributed by atoms with van der Waals surface area (Å²) in [6.07, 6.45) is 0. The summed E-state index contributed by atoms with van der Waals surface area (Å²) < 4.78 is 12.9. The fourth-order valence-corrected chi connectivity index (χ4v) is 4.83. The van der Waals surface area contributed by atoms with Gasteiger partial charge in [-0.2, -0.15) is 0 Å². The Morgan fingerprint density at radius 2 is 2.00 bits per heavy atom. The largest absolute Gasteiger partial charge is 0.481 e. The predicted molar refractivity (Wildman–Crippen MR) is 111 cm³/mol. The van der Waals surface area contributed by atoms with Gasteiger partial charge in [0.15, 0.2) is 0 Å². The first-order chi connectivity index (χ1) is 13.6. The van der Waals surface area contributed by atoms with E-state index in [1.54, 1.807) is 30.6 Å². The zero-order chi connectivity index (χ0) is 19.7. The number of aryl methyl sites for hydroxylation is 2. The second-order valence-corrected chi connectivity index (χ2v) is 8.11. The number of rotatable bonds is 6. The summed E-state index contributed by atoms with van der Waals surface area (Å²) in [5, 5.41) is 1.13. The summed E-state index contributed by atoms with van der Waals surface area (Å²) in [5.74, 6) is 0.543. The predicted octanol–water partition coefficient (Wildman–Crippen LogP) is 3.29. The average Bonchev–Trinajstić information content (AvgIpc) is 3.23. The van der Waals surface area contributed by atoms with E-state index < -0.39 is 0 Å². The van der Waals surface area contributed by atoms with E-state index in [-0.39, 0.29) is 5.78 Å². The van der Waals surface area contributed by atoms with Crippen molar-refractivity contribution in [2.24, 2.45) is 0 Å². The molecule has 3 aromatic heterocycles. The zero-order valence-electron chi connectivity index (χ0n) is 16.5. The molecule has 1 fully saturated rings. The van der Waals surface area contributed by atoms with Crippen molar-refractivity contribution < 1.29 is 14.3 Å². The highest BCUT2D eigenvalue weighted by Gasteiger charge is 2.19. The van der Waals surface area contributed by atoms with Crippen molar-refractivity contribution in [3.05, 3.63) is 46.1 Å². The molecular weight excluding hydrogens is 374 g/mol. The Morgan fingerprint density at radius 3 is 2.71 bits per heavy atom. The number of ether oxygens (including phenoxy) is 2. The van der Waals surface area contributed by atoms with E-state index in [4.69, 9.17) is 9.47 Å². The average molecular weight is 400 g/mol. The van der Waals surface area contributed by atoms with Crippen LogP contribution in [-0.4, -0.2) is 60.2 Å². The number of morpholine rings is 1. The molecule has 0 aliphatic carbocycles. The monoisotopic (exact) mass is 399 g/mol. The van der Waals surface area contributed by atoms with Crippen LogP contribution in [0.3, 0.4) is 0 Å². The third kappa shape index (κ3) is 3.70. The molecule has 6 nitrogen and oxygen atoms in total. The Hall–Kier alpha value is -2.22. The van der Waals surface area contributed by atoms with Crippen LogP contribution < -0.4 is 4.74 Å². The lowest BCUT2D eigenvalue weighted by Crippen LogP contribution is -2.38. The van der Waals surface area contributed by atoms with Crippen molar-refractivity contribution >= 4 is 27.3 Å². The Labute approximate surface area is 168 Å². The Kier molecular flexibility index (Phi) is 5.48. The highest BCUT2D eigenvalue weighted by molar-refractivity contribution is 7.20. The summed E-state index contributed by atoms with van der Waals surface area (Å²) in [7, 11) is 1.58. The molecule has 0 spiro atoms. The molecule has 148 valence electrons. The van der Waals surface area contributed by atoms with Gasteiger partial charge in [-0.15, -0.1) is 11.3 Å². The van der Waals surface area contributed by atoms with Crippen molar-refractivity contribution in [1.82, 2.24) is 14.5 Å². The van der Waals surface area contributed by atoms with Gasteiger partial charge in [-0.1, -0.05) is 0 Å². The van der Waals surface area contributed by atoms with E-state index in [9.17, 15) is 4.79 Å². The van der Waals surface area contributed by atoms with Crippen LogP contribution in [0.2, 0.25) is 0 Å². The highest BCUT2D eigenvalue weighted by atomic mass is 32.1. The molecule has 1 aliphatic heterocycles. The van der Waals surface area contributed by atoms with E-state index in [2.05, 4.69) is 27.4 Å². The van der Waals surface area contributed by atoms with Gasteiger partial charge in [0.25, 0.3) is 0 Å². The molecular formula is C21H25N3O3S. The molecule has 1 saturated heterocycles. The lowest BCUT2D eigenvalue weighted by molar-refractivity contribution is 0.0365. The smallest absolute Gasteiger partial charge is 0.213 e. The van der Waals surface area contributed by atoms with E-state index in [1.165, 1.54) is 5.69 Å². The first-order valence-corrected chi connectivity index (χ1v) is 10.3. The van der Waals surface area contributed by atoms with E-state index in [0.717, 1.165) is 54.5 Å². The van der Waals surface area contributed by atoms with Crippen LogP contribution in [0.4, 0.5) is 0 Å². The van der Waals surface area contributed by atoms with Crippen LogP contribution in [0.25, 0.3) is 10.2 Å². The molecule has 0 aromatic carbocycles. The lowest BCUT2D eigenvalue weighted by Gasteiger charge is -2.26. The van der Waals surface area contributed by atoms with Crippen LogP contribution in [0.1, 0.15) is 26.6 Å². The Balaban J connectivity index is 1.57. The molecule has 0 unspecified atom stereocenters. The minimum atomic E-state index is 0.0197. The molecule has 28 heavy (non-hydrogen) atoms. The van der Waals surface area contributed by atoms with Crippen LogP contribution >= 0.6 is 11.3 Å². The zero-order valence-corrected chi connectivity index (χ0v) is 17.3. The Morgan fingerprint density at radius 1 is 1.21 bits per heavy atom. The molecule has 7 heteroatoms. The van der Waals surface area contributed by atoms with Crippen LogP contribution in [-0.2, 0) is 11.3 Å². The van der Waals surface area contributed by atoms with Gasteiger partial charge in [-0.3, -0.25) is 9.69 Å². The summed E-state index contributed by atoms with van der Waals surface area (Å²) in [4.78, 5) is 21.7. The third-order valence-corrected chi connectivity index (χ3v) is 6.43. The van der Waals surface area contributed by atoms with Gasteiger partial charge >= 0.3 is 0 Å². The topological polar surface area (TPSA) is 56.6 Å². The van der Waals surface area contributed by atoms with E-state index in [0.29, 0.717) is 17.1 Å². The number of nitrogens with zero attached hydrogens (tertiary/aromatic N) is 3. The number of hydrogen-bond acceptors (Lipinski definition) is 6. The van der Waals surface area contributed by atoms with Gasteiger partial charge in [0.1, 0.15) is 4.83 Å². The summed E-state index contributed by atoms with van der Waals surface area (Å²) in [6, 6.07) is 7.71. The molecule has 1 aliphatic rings. The van der Waals surface area contributed by atoms with Gasteiger partial charge in [0.05, 0.1) is 30.9 Å². The minimum absolute atomic E-state index is 0.0197. The molecule has 0 saturated carbocycles. The van der Waals surface area contributed by atoms with Gasteiger partial charge in [0.2, 0.25) is 11.7 Å². The molecule has 0 amide bonds. The van der Waals surface area contributed by atoms with Gasteiger partial charge < -0.3 is 14.0 Å². The summed E-state index contributed by atoms with van der Waals surface area (Å²) in [6.45, 7) is 9.49. The minimum Gasteiger partial charge on any atom is -0.481 e. The standard InChI is InChI=1S/C21H25N3O3S/c1-14-12-16-13-18(20(25)17-4-5-19(26-3)22-15(17)2)28-21(16)24(14)7-6-23-8-10-27-11-9-23/h4-5,12-13H,6-11H2,1-3H3. The molecule has 0 radical (unpaired) electrons. The molecule has 4 rings (SSSR count). The number of fused-ring (bicyclic) bond motifs is 1. The summed E-state index contributed by atoms with van der Waals surface area (Å²) >= 11 is 1.56. The van der Waals surface area contributed by atoms with Gasteiger partial charge in [0, 0.05) is 48.9 Å². The van der Waals surface area contributed by atoms with Crippen molar-refractivity contribution in [3.8, 4) is 5.88 Å². The summed E-state index contributed by atoms with van der Waals surface area (Å²) in [5.41, 5.74) is 2.55. The fourth-order valence-electron chi connectivity index (χ4n) is 3.65. The second-order valence-electron chi connectivity index (χ2n) is 7.08. The number of carbonyl (C=O) groups is 1. The third-order valence-electron chi connectivity index (χ3n) is 5.26. The van der Waals surface area contributed by atoms with Crippen molar-refractivity contribution in [1.29, 1.82) is 0 Å². The van der Waals surface area contributed by atoms with Gasteiger partial charge in [-0.05, 0) is 32.0 Å². The number of hydrogen-bond donors (Lipinski definition) is 0. The number of carbonyl (C=O) groups excluding carboxylic acids is 1. The number of methoxy groups -OCH3 is 1. The lowest BCUT2D eigenvalue weighted by atomic mass is 10.1. The van der Waals surface area contributed by atoms with Crippen LogP contribution in [0.5, 0.6) is 5.88 Å². The molecule has 0 bridgehead atoms. The molecule has 0 atom stereocenters. The van der Waals surface area contributed by atoms with Crippen molar-refractivity contribution in [2.45, 2.75) is 20.4 Å². The number of aromatic nitrogens is 2. The van der Waals surface area contributed by atoms with E-state index >= 15 is 0 Å². The normalized spacial score (nSPS) is 15.2. The fraction of sp³-hybridized carbons (Fsp3) is 0.429. The van der Waals surface area contributed by atoms with Gasteiger partial charge in [-0.25, -0.2) is 4.98 Å². The molecule has 4 heterocycles. The molecule has 0 N–H and O–H groups in total. The second kappa shape index (κ2) is 8.03. The first kappa shape index (κ1) is 19.1. The van der Waals surface area contributed by atoms with Crippen LogP contribution in [0.15, 0.2) is 24.3 Å². The highest BCUT2D eigenvalue weighted by Crippen LogP contribution is 2.31. The maximum absolute atomic E-state index is 13.0. The maximum Gasteiger partial charge on any atom is 0.213 e. The van der Waals surface area contributed by atoms with E-state index in [1.807, 2.05) is 13.0 Å². The number of pyridine rings is 1. The maximum atomic E-state index is 13.0. The van der Waals surface area contributed by atoms with Crippen molar-refractivity contribution in [3.63, 3.8) is 0 Å². The number of ketones is 1. The quantitative estimate of drug-likeness (QED) is 0.596. The van der Waals surface area contributed by atoms with Crippen LogP contribution in [0, 0.1) is 13.8 Å². The Bertz CT molecular complexity index is 1000. The number of thiophene rings is 1. The molecule has 3 aromatic rings. The SMILES string of the molecule is COc1ccc(C(=O)c2cc3cc(C)n(CCN4CCOCC4)c3s2)c(C)n1.